The number of hydrogen-bond donors (Lipinski definition) is 1. The maximum Gasteiger partial charge on any atom is 0.270 e. The summed E-state index contributed by atoms with van der Waals surface area (Å²) in [6, 6.07) is 4.81. The number of carbonyl (C=O) groups excluding carboxylic acids is 1. The molecular weight excluding hydrogens is 304 g/mol. The second-order valence-electron chi connectivity index (χ2n) is 6.91. The number of nitrogens with one attached hydrogen (secondary N) is 1. The molecule has 1 N–H and O–H groups in total. The number of carbonyl (C=O) groups is 1. The van der Waals surface area contributed by atoms with Crippen molar-refractivity contribution >= 4 is 5.91 Å². The van der Waals surface area contributed by atoms with Gasteiger partial charge < -0.3 is 19.5 Å². The van der Waals surface area contributed by atoms with Crippen LogP contribution in [0.3, 0.4) is 0 Å². The molecule has 134 valence electrons. The van der Waals surface area contributed by atoms with Crippen molar-refractivity contribution in [3.05, 3.63) is 24.0 Å². The summed E-state index contributed by atoms with van der Waals surface area (Å²) in [5.74, 6) is 0.178. The van der Waals surface area contributed by atoms with Crippen LogP contribution in [0.4, 0.5) is 0 Å². The molecular formula is C18H30N4O2. The van der Waals surface area contributed by atoms with Gasteiger partial charge in [-0.05, 0) is 45.0 Å². The molecule has 3 rings (SSSR count). The van der Waals surface area contributed by atoms with Gasteiger partial charge in [0, 0.05) is 51.6 Å². The summed E-state index contributed by atoms with van der Waals surface area (Å²) in [7, 11) is 1.74. The predicted molar refractivity (Wildman–Crippen MR) is 94.4 cm³/mol. The molecule has 1 unspecified atom stereocenters. The summed E-state index contributed by atoms with van der Waals surface area (Å²) < 4.78 is 7.38. The molecule has 2 fully saturated rings. The molecule has 1 aromatic heterocycles. The minimum absolute atomic E-state index is 0.178. The van der Waals surface area contributed by atoms with Gasteiger partial charge in [-0.25, -0.2) is 0 Å². The van der Waals surface area contributed by atoms with Crippen molar-refractivity contribution < 1.29 is 9.53 Å². The molecule has 2 aliphatic heterocycles. The largest absolute Gasteiger partial charge is 0.383 e. The Balaban J connectivity index is 1.64. The third-order valence-corrected chi connectivity index (χ3v) is 5.34. The fraction of sp³-hybridized carbons (Fsp3) is 0.722. The highest BCUT2D eigenvalue weighted by molar-refractivity contribution is 5.93. The molecule has 0 aromatic carbocycles. The molecule has 2 aliphatic rings. The molecule has 3 heterocycles. The summed E-state index contributed by atoms with van der Waals surface area (Å²) in [6.45, 7) is 8.45. The van der Waals surface area contributed by atoms with Gasteiger partial charge in [-0.2, -0.15) is 0 Å². The van der Waals surface area contributed by atoms with Gasteiger partial charge in [-0.1, -0.05) is 0 Å². The summed E-state index contributed by atoms with van der Waals surface area (Å²) in [5, 5.41) is 3.39. The SMILES string of the molecule is COCCN1CCN(C(=O)c2cccn2C2CCNCC2)CC1C. The second kappa shape index (κ2) is 8.14. The van der Waals surface area contributed by atoms with Crippen molar-refractivity contribution in [2.45, 2.75) is 31.8 Å². The van der Waals surface area contributed by atoms with Gasteiger partial charge in [0.15, 0.2) is 0 Å². The third kappa shape index (κ3) is 3.82. The first kappa shape index (κ1) is 17.5. The molecule has 0 radical (unpaired) electrons. The summed E-state index contributed by atoms with van der Waals surface area (Å²) in [4.78, 5) is 17.5. The number of methoxy groups -OCH3 is 1. The molecule has 0 saturated carbocycles. The summed E-state index contributed by atoms with van der Waals surface area (Å²) >= 11 is 0. The highest BCUT2D eigenvalue weighted by atomic mass is 16.5. The molecule has 1 aromatic rings. The molecule has 6 nitrogen and oxygen atoms in total. The van der Waals surface area contributed by atoms with Gasteiger partial charge in [-0.3, -0.25) is 9.69 Å². The normalized spacial score (nSPS) is 23.6. The predicted octanol–water partition coefficient (Wildman–Crippen LogP) is 1.21. The fourth-order valence-corrected chi connectivity index (χ4v) is 3.86. The molecule has 6 heteroatoms. The van der Waals surface area contributed by atoms with Crippen LogP contribution < -0.4 is 5.32 Å². The smallest absolute Gasteiger partial charge is 0.270 e. The van der Waals surface area contributed by atoms with E-state index in [2.05, 4.69) is 27.9 Å². The van der Waals surface area contributed by atoms with Crippen LogP contribution in [-0.4, -0.2) is 79.3 Å². The number of nitrogens with zero attached hydrogens (tertiary/aromatic N) is 3. The van der Waals surface area contributed by atoms with E-state index < -0.39 is 0 Å². The van der Waals surface area contributed by atoms with E-state index >= 15 is 0 Å². The second-order valence-corrected chi connectivity index (χ2v) is 6.91. The standard InChI is InChI=1S/C18H30N4O2/c1-15-14-21(11-10-20(15)12-13-24-2)18(23)17-4-3-9-22(17)16-5-7-19-8-6-16/h3-4,9,15-16,19H,5-8,10-14H2,1-2H3. The minimum atomic E-state index is 0.178. The zero-order chi connectivity index (χ0) is 16.9. The van der Waals surface area contributed by atoms with E-state index in [1.54, 1.807) is 7.11 Å². The fourth-order valence-electron chi connectivity index (χ4n) is 3.86. The number of rotatable bonds is 5. The third-order valence-electron chi connectivity index (χ3n) is 5.34. The van der Waals surface area contributed by atoms with Crippen molar-refractivity contribution in [3.8, 4) is 0 Å². The van der Waals surface area contributed by atoms with Gasteiger partial charge in [0.05, 0.1) is 6.61 Å². The van der Waals surface area contributed by atoms with Gasteiger partial charge in [0.25, 0.3) is 5.91 Å². The molecule has 24 heavy (non-hydrogen) atoms. The molecule has 1 amide bonds. The molecule has 1 atom stereocenters. The van der Waals surface area contributed by atoms with E-state index in [-0.39, 0.29) is 5.91 Å². The number of aromatic nitrogens is 1. The topological polar surface area (TPSA) is 49.7 Å². The van der Waals surface area contributed by atoms with Crippen LogP contribution in [0, 0.1) is 0 Å². The Hall–Kier alpha value is -1.37. The van der Waals surface area contributed by atoms with Crippen molar-refractivity contribution in [1.29, 1.82) is 0 Å². The van der Waals surface area contributed by atoms with E-state index in [1.165, 1.54) is 0 Å². The van der Waals surface area contributed by atoms with Crippen LogP contribution in [0.15, 0.2) is 18.3 Å². The monoisotopic (exact) mass is 334 g/mol. The zero-order valence-electron chi connectivity index (χ0n) is 14.9. The molecule has 0 aliphatic carbocycles. The average Bonchev–Trinajstić information content (AvgIpc) is 3.10. The first-order valence-corrected chi connectivity index (χ1v) is 9.10. The van der Waals surface area contributed by atoms with Crippen molar-refractivity contribution in [1.82, 2.24) is 19.7 Å². The Bertz CT molecular complexity index is 539. The molecule has 0 bridgehead atoms. The van der Waals surface area contributed by atoms with E-state index in [0.29, 0.717) is 12.1 Å². The molecule has 0 spiro atoms. The van der Waals surface area contributed by atoms with Crippen LogP contribution in [0.25, 0.3) is 0 Å². The van der Waals surface area contributed by atoms with Crippen LogP contribution in [0.5, 0.6) is 0 Å². The number of hydrogen-bond acceptors (Lipinski definition) is 4. The summed E-state index contributed by atoms with van der Waals surface area (Å²) in [6.07, 6.45) is 4.26. The van der Waals surface area contributed by atoms with Crippen LogP contribution >= 0.6 is 0 Å². The van der Waals surface area contributed by atoms with Crippen LogP contribution in [0.1, 0.15) is 36.3 Å². The zero-order valence-corrected chi connectivity index (χ0v) is 14.9. The van der Waals surface area contributed by atoms with Crippen LogP contribution in [0.2, 0.25) is 0 Å². The molecule has 2 saturated heterocycles. The van der Waals surface area contributed by atoms with E-state index in [1.807, 2.05) is 17.0 Å². The maximum absolute atomic E-state index is 13.0. The van der Waals surface area contributed by atoms with Gasteiger partial charge in [0.2, 0.25) is 0 Å². The van der Waals surface area contributed by atoms with Crippen molar-refractivity contribution in [3.63, 3.8) is 0 Å². The van der Waals surface area contributed by atoms with E-state index in [0.717, 1.165) is 64.4 Å². The van der Waals surface area contributed by atoms with E-state index in [4.69, 9.17) is 4.74 Å². The van der Waals surface area contributed by atoms with E-state index in [9.17, 15) is 4.79 Å². The van der Waals surface area contributed by atoms with Gasteiger partial charge in [-0.15, -0.1) is 0 Å². The lowest BCUT2D eigenvalue weighted by atomic mass is 10.1. The Labute approximate surface area is 144 Å². The van der Waals surface area contributed by atoms with Gasteiger partial charge in [0.1, 0.15) is 5.69 Å². The Morgan fingerprint density at radius 1 is 1.33 bits per heavy atom. The van der Waals surface area contributed by atoms with Crippen molar-refractivity contribution in [2.24, 2.45) is 0 Å². The highest BCUT2D eigenvalue weighted by Gasteiger charge is 2.29. The number of ether oxygens (including phenoxy) is 1. The van der Waals surface area contributed by atoms with Gasteiger partial charge >= 0.3 is 0 Å². The first-order valence-electron chi connectivity index (χ1n) is 9.10. The lowest BCUT2D eigenvalue weighted by Gasteiger charge is -2.40. The Kier molecular flexibility index (Phi) is 5.92. The Morgan fingerprint density at radius 2 is 2.12 bits per heavy atom. The first-order chi connectivity index (χ1) is 11.7. The van der Waals surface area contributed by atoms with Crippen molar-refractivity contribution in [2.75, 3.05) is 53.0 Å². The number of piperazine rings is 1. The minimum Gasteiger partial charge on any atom is -0.383 e. The summed E-state index contributed by atoms with van der Waals surface area (Å²) in [5.41, 5.74) is 0.847. The number of amides is 1. The Morgan fingerprint density at radius 3 is 2.83 bits per heavy atom. The average molecular weight is 334 g/mol. The van der Waals surface area contributed by atoms with Crippen LogP contribution in [-0.2, 0) is 4.74 Å². The lowest BCUT2D eigenvalue weighted by molar-refractivity contribution is 0.0424. The quantitative estimate of drug-likeness (QED) is 0.879. The highest BCUT2D eigenvalue weighted by Crippen LogP contribution is 2.23. The lowest BCUT2D eigenvalue weighted by Crippen LogP contribution is -2.54. The number of piperidine rings is 1. The maximum atomic E-state index is 13.0.